The van der Waals surface area contributed by atoms with Crippen LogP contribution in [0.25, 0.3) is 0 Å². The van der Waals surface area contributed by atoms with Crippen LogP contribution in [0.2, 0.25) is 0 Å². The largest absolute Gasteiger partial charge is 0.380 e. The van der Waals surface area contributed by atoms with Crippen LogP contribution in [0.15, 0.2) is 17.3 Å². The number of anilines is 1. The van der Waals surface area contributed by atoms with E-state index in [2.05, 4.69) is 22.2 Å². The van der Waals surface area contributed by atoms with Gasteiger partial charge in [-0.15, -0.1) is 0 Å². The van der Waals surface area contributed by atoms with Crippen LogP contribution in [0.4, 0.5) is 5.95 Å². The Balaban J connectivity index is 2.21. The van der Waals surface area contributed by atoms with Crippen molar-refractivity contribution in [2.75, 3.05) is 32.6 Å². The van der Waals surface area contributed by atoms with Gasteiger partial charge < -0.3 is 10.1 Å². The Morgan fingerprint density at radius 2 is 2.05 bits per heavy atom. The van der Waals surface area contributed by atoms with Crippen molar-refractivity contribution >= 4 is 16.0 Å². The summed E-state index contributed by atoms with van der Waals surface area (Å²) in [6, 6.07) is 0. The molecule has 2 heterocycles. The molecule has 1 aliphatic rings. The van der Waals surface area contributed by atoms with Gasteiger partial charge in [-0.25, -0.2) is 18.4 Å². The molecule has 2 rings (SSSR count). The van der Waals surface area contributed by atoms with Crippen LogP contribution in [0.1, 0.15) is 13.3 Å². The fourth-order valence-electron chi connectivity index (χ4n) is 2.26. The van der Waals surface area contributed by atoms with Crippen LogP contribution in [-0.2, 0) is 14.8 Å². The van der Waals surface area contributed by atoms with Crippen molar-refractivity contribution in [2.45, 2.75) is 24.3 Å². The van der Waals surface area contributed by atoms with Crippen molar-refractivity contribution in [3.05, 3.63) is 12.4 Å². The molecule has 1 aliphatic heterocycles. The lowest BCUT2D eigenvalue weighted by molar-refractivity contribution is 0.0183. The zero-order chi connectivity index (χ0) is 14.8. The second kappa shape index (κ2) is 6.02. The lowest BCUT2D eigenvalue weighted by atomic mass is 9.97. The first-order chi connectivity index (χ1) is 9.48. The Morgan fingerprint density at radius 3 is 2.60 bits per heavy atom. The van der Waals surface area contributed by atoms with E-state index in [1.165, 1.54) is 16.7 Å². The molecule has 8 heteroatoms. The number of methoxy groups -OCH3 is 1. The summed E-state index contributed by atoms with van der Waals surface area (Å²) in [4.78, 5) is 8.02. The second-order valence-electron chi connectivity index (χ2n) is 4.90. The minimum absolute atomic E-state index is 0.0731. The average molecular weight is 300 g/mol. The molecule has 1 aromatic rings. The molecular formula is C12H20N4O3S. The Morgan fingerprint density at radius 1 is 1.40 bits per heavy atom. The summed E-state index contributed by atoms with van der Waals surface area (Å²) < 4.78 is 31.8. The van der Waals surface area contributed by atoms with Crippen LogP contribution >= 0.6 is 0 Å². The van der Waals surface area contributed by atoms with E-state index in [1.807, 2.05) is 0 Å². The van der Waals surface area contributed by atoms with Crippen molar-refractivity contribution in [3.63, 3.8) is 0 Å². The number of piperidine rings is 1. The van der Waals surface area contributed by atoms with Gasteiger partial charge in [0, 0.05) is 27.2 Å². The average Bonchev–Trinajstić information content (AvgIpc) is 2.47. The highest BCUT2D eigenvalue weighted by molar-refractivity contribution is 7.89. The maximum Gasteiger partial charge on any atom is 0.246 e. The topological polar surface area (TPSA) is 84.4 Å². The maximum atomic E-state index is 12.5. The molecule has 1 fully saturated rings. The van der Waals surface area contributed by atoms with Gasteiger partial charge in [0.1, 0.15) is 4.90 Å². The number of rotatable bonds is 4. The molecule has 1 saturated heterocycles. The minimum atomic E-state index is -3.55. The van der Waals surface area contributed by atoms with Gasteiger partial charge in [0.05, 0.1) is 18.5 Å². The maximum absolute atomic E-state index is 12.5. The van der Waals surface area contributed by atoms with Gasteiger partial charge in [0.15, 0.2) is 0 Å². The number of nitrogens with one attached hydrogen (secondary N) is 1. The van der Waals surface area contributed by atoms with Crippen LogP contribution in [-0.4, -0.2) is 56.0 Å². The fraction of sp³-hybridized carbons (Fsp3) is 0.667. The fourth-order valence-corrected chi connectivity index (χ4v) is 3.62. The molecule has 2 atom stereocenters. The molecule has 1 aromatic heterocycles. The van der Waals surface area contributed by atoms with E-state index in [0.717, 1.165) is 6.42 Å². The van der Waals surface area contributed by atoms with E-state index in [4.69, 9.17) is 4.74 Å². The number of hydrogen-bond acceptors (Lipinski definition) is 6. The van der Waals surface area contributed by atoms with E-state index in [0.29, 0.717) is 25.0 Å². The summed E-state index contributed by atoms with van der Waals surface area (Å²) in [5, 5.41) is 2.76. The molecule has 20 heavy (non-hydrogen) atoms. The zero-order valence-electron chi connectivity index (χ0n) is 11.9. The predicted octanol–water partition coefficient (Wildman–Crippen LogP) is 0.564. The smallest absolute Gasteiger partial charge is 0.246 e. The summed E-state index contributed by atoms with van der Waals surface area (Å²) in [6.45, 7) is 2.94. The summed E-state index contributed by atoms with van der Waals surface area (Å²) in [5.41, 5.74) is 0. The van der Waals surface area contributed by atoms with Crippen LogP contribution in [0.5, 0.6) is 0 Å². The Kier molecular flexibility index (Phi) is 4.56. The highest BCUT2D eigenvalue weighted by Gasteiger charge is 2.34. The molecule has 0 aliphatic carbocycles. The van der Waals surface area contributed by atoms with Crippen molar-refractivity contribution in [1.82, 2.24) is 14.3 Å². The molecule has 1 N–H and O–H groups in total. The van der Waals surface area contributed by atoms with E-state index in [1.54, 1.807) is 14.2 Å². The molecule has 2 unspecified atom stereocenters. The van der Waals surface area contributed by atoms with Gasteiger partial charge in [0.2, 0.25) is 16.0 Å². The van der Waals surface area contributed by atoms with E-state index >= 15 is 0 Å². The quantitative estimate of drug-likeness (QED) is 0.875. The van der Waals surface area contributed by atoms with Gasteiger partial charge in [-0.3, -0.25) is 0 Å². The number of hydrogen-bond donors (Lipinski definition) is 1. The van der Waals surface area contributed by atoms with E-state index in [9.17, 15) is 8.42 Å². The lowest BCUT2D eigenvalue weighted by Crippen LogP contribution is -2.46. The molecule has 0 aromatic carbocycles. The van der Waals surface area contributed by atoms with Gasteiger partial charge >= 0.3 is 0 Å². The monoisotopic (exact) mass is 300 g/mol. The summed E-state index contributed by atoms with van der Waals surface area (Å²) in [6.07, 6.45) is 3.37. The van der Waals surface area contributed by atoms with Crippen molar-refractivity contribution < 1.29 is 13.2 Å². The Bertz CT molecular complexity index is 546. The number of ether oxygens (including phenoxy) is 1. The molecule has 0 saturated carbocycles. The minimum Gasteiger partial charge on any atom is -0.380 e. The molecular weight excluding hydrogens is 280 g/mol. The van der Waals surface area contributed by atoms with E-state index in [-0.39, 0.29) is 11.0 Å². The standard InChI is InChI=1S/C12H20N4O3S/c1-9-4-5-16(8-11(9)19-3)20(17,18)10-6-14-12(13-2)15-7-10/h6-7,9,11H,4-5,8H2,1-3H3,(H,13,14,15). The number of nitrogens with zero attached hydrogens (tertiary/aromatic N) is 3. The van der Waals surface area contributed by atoms with Crippen molar-refractivity contribution in [2.24, 2.45) is 5.92 Å². The molecule has 7 nitrogen and oxygen atoms in total. The van der Waals surface area contributed by atoms with Crippen LogP contribution in [0, 0.1) is 5.92 Å². The molecule has 0 radical (unpaired) electrons. The van der Waals surface area contributed by atoms with Crippen molar-refractivity contribution in [3.8, 4) is 0 Å². The zero-order valence-corrected chi connectivity index (χ0v) is 12.7. The highest BCUT2D eigenvalue weighted by Crippen LogP contribution is 2.24. The molecule has 0 bridgehead atoms. The first-order valence-corrected chi connectivity index (χ1v) is 7.95. The third-order valence-electron chi connectivity index (χ3n) is 3.64. The number of aromatic nitrogens is 2. The highest BCUT2D eigenvalue weighted by atomic mass is 32.2. The lowest BCUT2D eigenvalue weighted by Gasteiger charge is -2.35. The third kappa shape index (κ3) is 2.92. The first-order valence-electron chi connectivity index (χ1n) is 6.51. The van der Waals surface area contributed by atoms with Gasteiger partial charge in [0.25, 0.3) is 0 Å². The normalized spacial score (nSPS) is 24.6. The predicted molar refractivity (Wildman–Crippen MR) is 74.9 cm³/mol. The first kappa shape index (κ1) is 15.1. The summed E-state index contributed by atoms with van der Waals surface area (Å²) >= 11 is 0. The van der Waals surface area contributed by atoms with E-state index < -0.39 is 10.0 Å². The van der Waals surface area contributed by atoms with Gasteiger partial charge in [-0.1, -0.05) is 6.92 Å². The second-order valence-corrected chi connectivity index (χ2v) is 6.83. The number of sulfonamides is 1. The molecule has 112 valence electrons. The molecule has 0 spiro atoms. The van der Waals surface area contributed by atoms with Gasteiger partial charge in [-0.2, -0.15) is 4.31 Å². The van der Waals surface area contributed by atoms with Gasteiger partial charge in [-0.05, 0) is 12.3 Å². The SMILES string of the molecule is CNc1ncc(S(=O)(=O)N2CCC(C)C(OC)C2)cn1. The summed E-state index contributed by atoms with van der Waals surface area (Å²) in [5.74, 6) is 0.750. The molecule has 0 amide bonds. The Labute approximate surface area is 119 Å². The Hall–Kier alpha value is -1.25. The summed E-state index contributed by atoms with van der Waals surface area (Å²) in [7, 11) is -0.260. The van der Waals surface area contributed by atoms with Crippen molar-refractivity contribution in [1.29, 1.82) is 0 Å². The third-order valence-corrected chi connectivity index (χ3v) is 5.46. The van der Waals surface area contributed by atoms with Crippen LogP contribution < -0.4 is 5.32 Å². The van der Waals surface area contributed by atoms with Crippen LogP contribution in [0.3, 0.4) is 0 Å².